The molecule has 0 aliphatic carbocycles. The Kier molecular flexibility index (Phi) is 8.46. The Morgan fingerprint density at radius 1 is 1.44 bits per heavy atom. The van der Waals surface area contributed by atoms with Crippen LogP contribution in [0.2, 0.25) is 0 Å². The third kappa shape index (κ3) is 8.24. The maximum atomic E-state index is 11.4. The van der Waals surface area contributed by atoms with Crippen molar-refractivity contribution in [2.24, 2.45) is 0 Å². The predicted octanol–water partition coefficient (Wildman–Crippen LogP) is 1.30. The minimum absolute atomic E-state index is 0.251. The van der Waals surface area contributed by atoms with Crippen LogP contribution in [0.3, 0.4) is 0 Å². The second-order valence-electron chi connectivity index (χ2n) is 1.79. The van der Waals surface area contributed by atoms with Crippen molar-refractivity contribution in [2.75, 3.05) is 31.8 Å². The second kappa shape index (κ2) is 8.24. The van der Waals surface area contributed by atoms with Crippen molar-refractivity contribution in [1.29, 1.82) is 0 Å². The Bertz CT molecular complexity index is 46.3. The number of thioether (sulfide) groups is 1. The summed E-state index contributed by atoms with van der Waals surface area (Å²) in [6.07, 6.45) is 3.22. The molecule has 0 saturated heterocycles. The fraction of sp³-hybridized carbons (Fsp3) is 1.00. The number of halogens is 1. The first-order chi connectivity index (χ1) is 4.41. The molecule has 0 heterocycles. The van der Waals surface area contributed by atoms with Crippen LogP contribution in [-0.4, -0.2) is 31.8 Å². The van der Waals surface area contributed by atoms with E-state index >= 15 is 0 Å². The highest BCUT2D eigenvalue weighted by molar-refractivity contribution is 7.98. The lowest BCUT2D eigenvalue weighted by molar-refractivity contribution is 0.467. The summed E-state index contributed by atoms with van der Waals surface area (Å²) in [7, 11) is 0. The van der Waals surface area contributed by atoms with Gasteiger partial charge in [-0.25, -0.2) is 4.39 Å². The molecule has 0 fully saturated rings. The van der Waals surface area contributed by atoms with Gasteiger partial charge < -0.3 is 5.32 Å². The number of alkyl halides is 1. The van der Waals surface area contributed by atoms with Crippen molar-refractivity contribution >= 4 is 11.8 Å². The topological polar surface area (TPSA) is 12.0 Å². The highest BCUT2D eigenvalue weighted by atomic mass is 32.2. The molecular formula is C6H14FNS. The van der Waals surface area contributed by atoms with Crippen LogP contribution in [0.1, 0.15) is 6.42 Å². The molecule has 1 N–H and O–H groups in total. The molecule has 0 unspecified atom stereocenters. The van der Waals surface area contributed by atoms with Crippen LogP contribution in [0.15, 0.2) is 0 Å². The molecule has 0 atom stereocenters. The maximum absolute atomic E-state index is 11.4. The Morgan fingerprint density at radius 3 is 2.78 bits per heavy atom. The zero-order valence-corrected chi connectivity index (χ0v) is 6.64. The van der Waals surface area contributed by atoms with Gasteiger partial charge in [-0.1, -0.05) is 0 Å². The van der Waals surface area contributed by atoms with Gasteiger partial charge in [0.1, 0.15) is 6.67 Å². The Balaban J connectivity index is 2.60. The van der Waals surface area contributed by atoms with Gasteiger partial charge in [0, 0.05) is 6.54 Å². The Labute approximate surface area is 60.4 Å². The summed E-state index contributed by atoms with van der Waals surface area (Å²) in [6.45, 7) is 1.21. The van der Waals surface area contributed by atoms with E-state index in [1.165, 1.54) is 5.75 Å². The lowest BCUT2D eigenvalue weighted by Crippen LogP contribution is -2.18. The molecule has 0 aliphatic rings. The normalized spacial score (nSPS) is 10.0. The van der Waals surface area contributed by atoms with Crippen molar-refractivity contribution < 1.29 is 4.39 Å². The van der Waals surface area contributed by atoms with Crippen LogP contribution in [0.5, 0.6) is 0 Å². The minimum atomic E-state index is -0.251. The molecule has 0 bridgehead atoms. The largest absolute Gasteiger partial charge is 0.314 e. The second-order valence-corrected chi connectivity index (χ2v) is 2.77. The van der Waals surface area contributed by atoms with E-state index in [2.05, 4.69) is 11.6 Å². The molecule has 0 aromatic rings. The molecule has 0 aliphatic heterocycles. The molecule has 0 aromatic carbocycles. The van der Waals surface area contributed by atoms with Crippen molar-refractivity contribution in [1.82, 2.24) is 5.32 Å². The van der Waals surface area contributed by atoms with Gasteiger partial charge in [-0.15, -0.1) is 0 Å². The van der Waals surface area contributed by atoms with Gasteiger partial charge in [-0.2, -0.15) is 11.8 Å². The highest BCUT2D eigenvalue weighted by Gasteiger charge is 1.84. The van der Waals surface area contributed by atoms with E-state index in [9.17, 15) is 4.39 Å². The molecule has 0 aromatic heterocycles. The minimum Gasteiger partial charge on any atom is -0.314 e. The molecule has 56 valence electrons. The average molecular weight is 151 g/mol. The SMILES string of the molecule is CSCCCNCCF. The summed E-state index contributed by atoms with van der Waals surface area (Å²) < 4.78 is 11.4. The highest BCUT2D eigenvalue weighted by Crippen LogP contribution is 1.92. The number of nitrogens with one attached hydrogen (secondary N) is 1. The predicted molar refractivity (Wildman–Crippen MR) is 41.8 cm³/mol. The van der Waals surface area contributed by atoms with Gasteiger partial charge >= 0.3 is 0 Å². The first-order valence-electron chi connectivity index (χ1n) is 3.17. The molecular weight excluding hydrogens is 137 g/mol. The van der Waals surface area contributed by atoms with Crippen molar-refractivity contribution in [3.63, 3.8) is 0 Å². The fourth-order valence-corrected chi connectivity index (χ4v) is 0.966. The van der Waals surface area contributed by atoms with Crippen molar-refractivity contribution in [3.05, 3.63) is 0 Å². The molecule has 3 heteroatoms. The summed E-state index contributed by atoms with van der Waals surface area (Å²) in [5.74, 6) is 1.17. The first kappa shape index (κ1) is 9.24. The van der Waals surface area contributed by atoms with Crippen molar-refractivity contribution in [2.45, 2.75) is 6.42 Å². The van der Waals surface area contributed by atoms with Gasteiger partial charge in [0.15, 0.2) is 0 Å². The molecule has 0 rings (SSSR count). The van der Waals surface area contributed by atoms with Gasteiger partial charge in [0.05, 0.1) is 0 Å². The van der Waals surface area contributed by atoms with Crippen LogP contribution < -0.4 is 5.32 Å². The molecule has 9 heavy (non-hydrogen) atoms. The molecule has 0 amide bonds. The van der Waals surface area contributed by atoms with Crippen LogP contribution >= 0.6 is 11.8 Å². The molecule has 0 spiro atoms. The number of hydrogen-bond acceptors (Lipinski definition) is 2. The fourth-order valence-electron chi connectivity index (χ4n) is 0.533. The van der Waals surface area contributed by atoms with E-state index in [0.29, 0.717) is 6.54 Å². The summed E-state index contributed by atoms with van der Waals surface area (Å²) in [5, 5.41) is 2.98. The lowest BCUT2D eigenvalue weighted by atomic mass is 10.5. The zero-order chi connectivity index (χ0) is 6.95. The van der Waals surface area contributed by atoms with Gasteiger partial charge in [0.25, 0.3) is 0 Å². The monoisotopic (exact) mass is 151 g/mol. The average Bonchev–Trinajstić information content (AvgIpc) is 1.89. The molecule has 1 nitrogen and oxygen atoms in total. The van der Waals surface area contributed by atoms with Gasteiger partial charge in [-0.05, 0) is 25.0 Å². The van der Waals surface area contributed by atoms with E-state index in [0.717, 1.165) is 13.0 Å². The van der Waals surface area contributed by atoms with E-state index in [1.807, 2.05) is 11.8 Å². The van der Waals surface area contributed by atoms with Crippen LogP contribution in [0.25, 0.3) is 0 Å². The first-order valence-corrected chi connectivity index (χ1v) is 4.57. The third-order valence-electron chi connectivity index (χ3n) is 0.973. The van der Waals surface area contributed by atoms with Crippen molar-refractivity contribution in [3.8, 4) is 0 Å². The van der Waals surface area contributed by atoms with Crippen LogP contribution in [0.4, 0.5) is 4.39 Å². The van der Waals surface area contributed by atoms with Gasteiger partial charge in [-0.3, -0.25) is 0 Å². The van der Waals surface area contributed by atoms with E-state index in [-0.39, 0.29) is 6.67 Å². The number of hydrogen-bond donors (Lipinski definition) is 1. The smallest absolute Gasteiger partial charge is 0.102 e. The summed E-state index contributed by atoms with van der Waals surface area (Å²) in [6, 6.07) is 0. The lowest BCUT2D eigenvalue weighted by Gasteiger charge is -1.98. The van der Waals surface area contributed by atoms with E-state index in [1.54, 1.807) is 0 Å². The van der Waals surface area contributed by atoms with Crippen LogP contribution in [0, 0.1) is 0 Å². The summed E-state index contributed by atoms with van der Waals surface area (Å²) >= 11 is 1.83. The maximum Gasteiger partial charge on any atom is 0.102 e. The quantitative estimate of drug-likeness (QED) is 0.574. The zero-order valence-electron chi connectivity index (χ0n) is 5.82. The van der Waals surface area contributed by atoms with Crippen LogP contribution in [-0.2, 0) is 0 Å². The number of rotatable bonds is 6. The standard InChI is InChI=1S/C6H14FNS/c1-9-6-2-4-8-5-3-7/h8H,2-6H2,1H3. The summed E-state index contributed by atoms with van der Waals surface area (Å²) in [5.41, 5.74) is 0. The summed E-state index contributed by atoms with van der Waals surface area (Å²) in [4.78, 5) is 0. The Morgan fingerprint density at radius 2 is 2.22 bits per heavy atom. The third-order valence-corrected chi connectivity index (χ3v) is 1.67. The van der Waals surface area contributed by atoms with E-state index in [4.69, 9.17) is 0 Å². The van der Waals surface area contributed by atoms with E-state index < -0.39 is 0 Å². The molecule has 0 saturated carbocycles. The Hall–Kier alpha value is 0.240. The van der Waals surface area contributed by atoms with Gasteiger partial charge in [0.2, 0.25) is 0 Å². The molecule has 0 radical (unpaired) electrons.